The highest BCUT2D eigenvalue weighted by atomic mass is 32.2. The van der Waals surface area contributed by atoms with Crippen molar-refractivity contribution in [2.75, 3.05) is 13.2 Å². The molecule has 0 amide bonds. The van der Waals surface area contributed by atoms with Crippen LogP contribution in [-0.2, 0) is 10.0 Å². The number of nitrogens with one attached hydrogen (secondary N) is 1. The van der Waals surface area contributed by atoms with Crippen molar-refractivity contribution in [1.82, 2.24) is 4.72 Å². The van der Waals surface area contributed by atoms with Crippen LogP contribution >= 0.6 is 0 Å². The Balaban J connectivity index is 3.13. The molecule has 3 N–H and O–H groups in total. The van der Waals surface area contributed by atoms with E-state index in [1.807, 2.05) is 0 Å². The van der Waals surface area contributed by atoms with Gasteiger partial charge in [0.25, 0.3) is 0 Å². The van der Waals surface area contributed by atoms with Gasteiger partial charge in [-0.05, 0) is 38.5 Å². The van der Waals surface area contributed by atoms with Gasteiger partial charge in [0, 0.05) is 12.6 Å². The highest BCUT2D eigenvalue weighted by molar-refractivity contribution is 7.89. The highest BCUT2D eigenvalue weighted by Gasteiger charge is 2.21. The van der Waals surface area contributed by atoms with Gasteiger partial charge in [-0.15, -0.1) is 0 Å². The van der Waals surface area contributed by atoms with E-state index in [2.05, 4.69) is 4.72 Å². The molecule has 0 spiro atoms. The summed E-state index contributed by atoms with van der Waals surface area (Å²) in [4.78, 5) is 11.0. The van der Waals surface area contributed by atoms with Gasteiger partial charge in [0.15, 0.2) is 0 Å². The summed E-state index contributed by atoms with van der Waals surface area (Å²) in [5.41, 5.74) is -0.213. The number of carboxylic acid groups (broad SMARTS) is 1. The molecule has 0 fully saturated rings. The third-order valence-electron chi connectivity index (χ3n) is 2.71. The maximum atomic E-state index is 12.1. The minimum atomic E-state index is -3.85. The standard InChI is InChI=1S/C13H19NO6S/c1-3-20-12-5-4-10(8-11(12)13(16)17)21(18,19)14-9(2)6-7-15/h4-5,8-9,14-15H,3,6-7H2,1-2H3,(H,16,17). The lowest BCUT2D eigenvalue weighted by atomic mass is 10.2. The fourth-order valence-corrected chi connectivity index (χ4v) is 3.01. The van der Waals surface area contributed by atoms with Gasteiger partial charge < -0.3 is 14.9 Å². The molecule has 21 heavy (non-hydrogen) atoms. The van der Waals surface area contributed by atoms with Crippen LogP contribution in [0.15, 0.2) is 23.1 Å². The van der Waals surface area contributed by atoms with E-state index in [9.17, 15) is 13.2 Å². The van der Waals surface area contributed by atoms with E-state index in [1.54, 1.807) is 13.8 Å². The van der Waals surface area contributed by atoms with E-state index in [0.717, 1.165) is 6.07 Å². The van der Waals surface area contributed by atoms with Gasteiger partial charge in [-0.3, -0.25) is 0 Å². The van der Waals surface area contributed by atoms with Crippen molar-refractivity contribution in [3.63, 3.8) is 0 Å². The molecule has 7 nitrogen and oxygen atoms in total. The SMILES string of the molecule is CCOc1ccc(S(=O)(=O)NC(C)CCO)cc1C(=O)O. The Bertz CT molecular complexity index is 599. The first-order valence-electron chi connectivity index (χ1n) is 6.45. The second-order valence-electron chi connectivity index (χ2n) is 4.43. The van der Waals surface area contributed by atoms with Crippen LogP contribution in [0, 0.1) is 0 Å². The molecule has 0 radical (unpaired) electrons. The molecule has 0 aromatic heterocycles. The zero-order valence-corrected chi connectivity index (χ0v) is 12.7. The van der Waals surface area contributed by atoms with E-state index < -0.39 is 22.0 Å². The van der Waals surface area contributed by atoms with Gasteiger partial charge in [0.2, 0.25) is 10.0 Å². The van der Waals surface area contributed by atoms with Crippen LogP contribution in [0.1, 0.15) is 30.6 Å². The third kappa shape index (κ3) is 4.69. The number of aliphatic hydroxyl groups is 1. The molecule has 1 unspecified atom stereocenters. The van der Waals surface area contributed by atoms with Crippen molar-refractivity contribution in [3.8, 4) is 5.75 Å². The molecule has 0 heterocycles. The number of carboxylic acids is 1. The number of aliphatic hydroxyl groups excluding tert-OH is 1. The predicted molar refractivity (Wildman–Crippen MR) is 76.1 cm³/mol. The number of rotatable bonds is 8. The van der Waals surface area contributed by atoms with Crippen LogP contribution in [-0.4, -0.2) is 43.9 Å². The molecule has 0 saturated carbocycles. The molecule has 118 valence electrons. The molecule has 0 bridgehead atoms. The number of sulfonamides is 1. The van der Waals surface area contributed by atoms with Crippen molar-refractivity contribution in [1.29, 1.82) is 0 Å². The Morgan fingerprint density at radius 1 is 1.43 bits per heavy atom. The third-order valence-corrected chi connectivity index (χ3v) is 4.30. The van der Waals surface area contributed by atoms with E-state index >= 15 is 0 Å². The number of hydrogen-bond donors (Lipinski definition) is 3. The molecule has 0 aliphatic rings. The summed E-state index contributed by atoms with van der Waals surface area (Å²) >= 11 is 0. The first-order chi connectivity index (χ1) is 9.81. The molecule has 1 rings (SSSR count). The van der Waals surface area contributed by atoms with Crippen molar-refractivity contribution >= 4 is 16.0 Å². The van der Waals surface area contributed by atoms with E-state index in [0.29, 0.717) is 0 Å². The molecular weight excluding hydrogens is 298 g/mol. The molecule has 0 aliphatic heterocycles. The molecule has 8 heteroatoms. The van der Waals surface area contributed by atoms with Crippen LogP contribution < -0.4 is 9.46 Å². The van der Waals surface area contributed by atoms with E-state index in [-0.39, 0.29) is 35.8 Å². The maximum Gasteiger partial charge on any atom is 0.339 e. The number of aromatic carboxylic acids is 1. The summed E-state index contributed by atoms with van der Waals surface area (Å²) in [6.45, 7) is 3.44. The van der Waals surface area contributed by atoms with Crippen molar-refractivity contribution in [2.45, 2.75) is 31.2 Å². The summed E-state index contributed by atoms with van der Waals surface area (Å²) in [6.07, 6.45) is 0.266. The predicted octanol–water partition coefficient (Wildman–Crippen LogP) is 0.833. The number of hydrogen-bond acceptors (Lipinski definition) is 5. The van der Waals surface area contributed by atoms with Crippen molar-refractivity contribution in [2.24, 2.45) is 0 Å². The van der Waals surface area contributed by atoms with E-state index in [1.165, 1.54) is 12.1 Å². The van der Waals surface area contributed by atoms with Gasteiger partial charge in [0.1, 0.15) is 11.3 Å². The first kappa shape index (κ1) is 17.4. The molecule has 0 saturated heterocycles. The Kier molecular flexibility index (Phi) is 6.13. The van der Waals surface area contributed by atoms with Crippen molar-refractivity contribution in [3.05, 3.63) is 23.8 Å². The normalized spacial score (nSPS) is 12.9. The second kappa shape index (κ2) is 7.39. The molecular formula is C13H19NO6S. The zero-order chi connectivity index (χ0) is 16.0. The summed E-state index contributed by atoms with van der Waals surface area (Å²) in [7, 11) is -3.85. The fourth-order valence-electron chi connectivity index (χ4n) is 1.71. The fraction of sp³-hybridized carbons (Fsp3) is 0.462. The van der Waals surface area contributed by atoms with Crippen molar-refractivity contribution < 1.29 is 28.2 Å². The molecule has 0 aliphatic carbocycles. The Morgan fingerprint density at radius 2 is 2.10 bits per heavy atom. The van der Waals surface area contributed by atoms with Gasteiger partial charge in [-0.1, -0.05) is 0 Å². The van der Waals surface area contributed by atoms with Gasteiger partial charge in [-0.25, -0.2) is 17.9 Å². The minimum Gasteiger partial charge on any atom is -0.493 e. The number of carbonyl (C=O) groups is 1. The molecule has 1 atom stereocenters. The minimum absolute atomic E-state index is 0.118. The summed E-state index contributed by atoms with van der Waals surface area (Å²) in [6, 6.07) is 3.20. The van der Waals surface area contributed by atoms with Crippen LogP contribution in [0.2, 0.25) is 0 Å². The van der Waals surface area contributed by atoms with Crippen LogP contribution in [0.5, 0.6) is 5.75 Å². The quantitative estimate of drug-likeness (QED) is 0.654. The van der Waals surface area contributed by atoms with Crippen LogP contribution in [0.4, 0.5) is 0 Å². The van der Waals surface area contributed by atoms with Crippen LogP contribution in [0.25, 0.3) is 0 Å². The Hall–Kier alpha value is -1.64. The topological polar surface area (TPSA) is 113 Å². The lowest BCUT2D eigenvalue weighted by Gasteiger charge is -2.14. The second-order valence-corrected chi connectivity index (χ2v) is 6.14. The van der Waals surface area contributed by atoms with Gasteiger partial charge in [0.05, 0.1) is 11.5 Å². The van der Waals surface area contributed by atoms with Gasteiger partial charge >= 0.3 is 5.97 Å². The van der Waals surface area contributed by atoms with E-state index in [4.69, 9.17) is 14.9 Å². The lowest BCUT2D eigenvalue weighted by Crippen LogP contribution is -2.33. The monoisotopic (exact) mass is 317 g/mol. The number of benzene rings is 1. The zero-order valence-electron chi connectivity index (χ0n) is 11.9. The first-order valence-corrected chi connectivity index (χ1v) is 7.93. The average Bonchev–Trinajstić information content (AvgIpc) is 2.38. The largest absolute Gasteiger partial charge is 0.493 e. The maximum absolute atomic E-state index is 12.1. The smallest absolute Gasteiger partial charge is 0.339 e. The Morgan fingerprint density at radius 3 is 2.62 bits per heavy atom. The molecule has 1 aromatic rings. The van der Waals surface area contributed by atoms with Crippen LogP contribution in [0.3, 0.4) is 0 Å². The Labute approximate surface area is 123 Å². The lowest BCUT2D eigenvalue weighted by molar-refractivity contribution is 0.0692. The summed E-state index contributed by atoms with van der Waals surface area (Å²) in [5, 5.41) is 17.9. The van der Waals surface area contributed by atoms with Gasteiger partial charge in [-0.2, -0.15) is 0 Å². The average molecular weight is 317 g/mol. The summed E-state index contributed by atoms with van der Waals surface area (Å²) in [5.74, 6) is -1.15. The number of ether oxygens (including phenoxy) is 1. The molecule has 1 aromatic carbocycles. The highest BCUT2D eigenvalue weighted by Crippen LogP contribution is 2.23. The summed E-state index contributed by atoms with van der Waals surface area (Å²) < 4.78 is 31.8.